The van der Waals surface area contributed by atoms with Gasteiger partial charge in [0.15, 0.2) is 0 Å². The molecule has 0 saturated carbocycles. The maximum absolute atomic E-state index is 12.8. The average molecular weight is 331 g/mol. The number of rotatable bonds is 6. The highest BCUT2D eigenvalue weighted by Gasteiger charge is 2.24. The maximum atomic E-state index is 12.8. The molecule has 1 aromatic carbocycles. The van der Waals surface area contributed by atoms with Gasteiger partial charge in [0.1, 0.15) is 4.90 Å². The van der Waals surface area contributed by atoms with Crippen LogP contribution < -0.4 is 0 Å². The van der Waals surface area contributed by atoms with Crippen LogP contribution in [0, 0.1) is 6.92 Å². The van der Waals surface area contributed by atoms with E-state index in [2.05, 4.69) is 9.98 Å². The summed E-state index contributed by atoms with van der Waals surface area (Å²) in [7, 11) is -3.55. The van der Waals surface area contributed by atoms with E-state index >= 15 is 0 Å². The zero-order valence-electron chi connectivity index (χ0n) is 13.6. The molecule has 0 fully saturated rings. The SMILES string of the molecule is CCN(CC)S(=O)(=O)c1cc(C)ccc1N=Cc1cccnc1. The second kappa shape index (κ2) is 7.48. The van der Waals surface area contributed by atoms with Crippen molar-refractivity contribution >= 4 is 21.9 Å². The van der Waals surface area contributed by atoms with E-state index in [9.17, 15) is 8.42 Å². The number of pyridine rings is 1. The van der Waals surface area contributed by atoms with Crippen molar-refractivity contribution < 1.29 is 8.42 Å². The van der Waals surface area contributed by atoms with Gasteiger partial charge < -0.3 is 0 Å². The monoisotopic (exact) mass is 331 g/mol. The lowest BCUT2D eigenvalue weighted by Crippen LogP contribution is -2.30. The smallest absolute Gasteiger partial charge is 0.245 e. The molecule has 0 radical (unpaired) electrons. The fraction of sp³-hybridized carbons (Fsp3) is 0.294. The van der Waals surface area contributed by atoms with Gasteiger partial charge in [-0.15, -0.1) is 0 Å². The summed E-state index contributed by atoms with van der Waals surface area (Å²) >= 11 is 0. The van der Waals surface area contributed by atoms with Crippen molar-refractivity contribution in [3.63, 3.8) is 0 Å². The molecule has 2 aromatic rings. The lowest BCUT2D eigenvalue weighted by molar-refractivity contribution is 0.445. The summed E-state index contributed by atoms with van der Waals surface area (Å²) in [5, 5.41) is 0. The Hall–Kier alpha value is -2.05. The normalized spacial score (nSPS) is 12.2. The lowest BCUT2D eigenvalue weighted by atomic mass is 10.2. The lowest BCUT2D eigenvalue weighted by Gasteiger charge is -2.19. The summed E-state index contributed by atoms with van der Waals surface area (Å²) in [6, 6.07) is 8.94. The van der Waals surface area contributed by atoms with E-state index in [4.69, 9.17) is 0 Å². The van der Waals surface area contributed by atoms with Gasteiger partial charge in [0, 0.05) is 37.3 Å². The molecule has 0 spiro atoms. The van der Waals surface area contributed by atoms with Gasteiger partial charge in [-0.1, -0.05) is 26.0 Å². The Morgan fingerprint density at radius 3 is 2.57 bits per heavy atom. The van der Waals surface area contributed by atoms with E-state index in [1.807, 2.05) is 39.0 Å². The molecule has 0 aliphatic heterocycles. The van der Waals surface area contributed by atoms with Crippen LogP contribution in [0.25, 0.3) is 0 Å². The molecule has 0 bridgehead atoms. The van der Waals surface area contributed by atoms with Gasteiger partial charge in [0.25, 0.3) is 0 Å². The molecule has 0 amide bonds. The third-order valence-corrected chi connectivity index (χ3v) is 5.55. The molecule has 6 heteroatoms. The van der Waals surface area contributed by atoms with Crippen molar-refractivity contribution in [2.24, 2.45) is 4.99 Å². The zero-order valence-corrected chi connectivity index (χ0v) is 14.4. The third-order valence-electron chi connectivity index (χ3n) is 3.48. The number of aromatic nitrogens is 1. The van der Waals surface area contributed by atoms with Crippen molar-refractivity contribution in [3.8, 4) is 0 Å². The van der Waals surface area contributed by atoms with E-state index in [0.717, 1.165) is 11.1 Å². The standard InChI is InChI=1S/C17H21N3O2S/c1-4-20(5-2)23(21,22)17-11-14(3)8-9-16(17)19-13-15-7-6-10-18-12-15/h6-13H,4-5H2,1-3H3. The predicted molar refractivity (Wildman–Crippen MR) is 92.8 cm³/mol. The van der Waals surface area contributed by atoms with Crippen molar-refractivity contribution in [3.05, 3.63) is 53.9 Å². The Bertz CT molecular complexity index is 783. The summed E-state index contributed by atoms with van der Waals surface area (Å²) in [5.41, 5.74) is 2.14. The number of aryl methyl sites for hydroxylation is 1. The molecule has 0 unspecified atom stereocenters. The van der Waals surface area contributed by atoms with Crippen LogP contribution in [0.3, 0.4) is 0 Å². The van der Waals surface area contributed by atoms with Gasteiger partial charge in [-0.05, 0) is 30.7 Å². The van der Waals surface area contributed by atoms with Crippen LogP contribution in [0.1, 0.15) is 25.0 Å². The molecule has 122 valence electrons. The van der Waals surface area contributed by atoms with Crippen LogP contribution in [0.15, 0.2) is 52.6 Å². The Morgan fingerprint density at radius 1 is 1.22 bits per heavy atom. The second-order valence-corrected chi connectivity index (χ2v) is 7.01. The Labute approximate surface area is 137 Å². The number of sulfonamides is 1. The summed E-state index contributed by atoms with van der Waals surface area (Å²) in [5.74, 6) is 0. The summed E-state index contributed by atoms with van der Waals surface area (Å²) in [6.45, 7) is 6.39. The summed E-state index contributed by atoms with van der Waals surface area (Å²) in [6.07, 6.45) is 4.98. The first kappa shape index (κ1) is 17.3. The minimum atomic E-state index is -3.55. The molecule has 2 rings (SSSR count). The Balaban J connectivity index is 2.48. The number of hydrogen-bond donors (Lipinski definition) is 0. The molecule has 0 N–H and O–H groups in total. The average Bonchev–Trinajstić information content (AvgIpc) is 2.55. The molecule has 0 aliphatic carbocycles. The Morgan fingerprint density at radius 2 is 1.96 bits per heavy atom. The number of benzene rings is 1. The second-order valence-electron chi connectivity index (χ2n) is 5.11. The van der Waals surface area contributed by atoms with Gasteiger partial charge in [-0.25, -0.2) is 8.42 Å². The minimum absolute atomic E-state index is 0.237. The quantitative estimate of drug-likeness (QED) is 0.764. The van der Waals surface area contributed by atoms with Crippen LogP contribution in [-0.4, -0.2) is 37.0 Å². The van der Waals surface area contributed by atoms with Crippen molar-refractivity contribution in [2.75, 3.05) is 13.1 Å². The van der Waals surface area contributed by atoms with Crippen LogP contribution in [-0.2, 0) is 10.0 Å². The van der Waals surface area contributed by atoms with Gasteiger partial charge in [0.05, 0.1) is 5.69 Å². The van der Waals surface area contributed by atoms with E-state index in [1.54, 1.807) is 30.7 Å². The fourth-order valence-corrected chi connectivity index (χ4v) is 3.91. The van der Waals surface area contributed by atoms with E-state index in [0.29, 0.717) is 18.8 Å². The van der Waals surface area contributed by atoms with E-state index in [1.165, 1.54) is 4.31 Å². The number of hydrogen-bond acceptors (Lipinski definition) is 4. The van der Waals surface area contributed by atoms with E-state index < -0.39 is 10.0 Å². The first-order valence-electron chi connectivity index (χ1n) is 7.54. The van der Waals surface area contributed by atoms with Crippen LogP contribution in [0.2, 0.25) is 0 Å². The van der Waals surface area contributed by atoms with Crippen LogP contribution in [0.4, 0.5) is 5.69 Å². The largest absolute Gasteiger partial charge is 0.264 e. The van der Waals surface area contributed by atoms with Gasteiger partial charge in [0.2, 0.25) is 10.0 Å². The molecular weight excluding hydrogens is 310 g/mol. The van der Waals surface area contributed by atoms with Crippen molar-refractivity contribution in [2.45, 2.75) is 25.7 Å². The van der Waals surface area contributed by atoms with Crippen LogP contribution >= 0.6 is 0 Å². The highest BCUT2D eigenvalue weighted by Crippen LogP contribution is 2.28. The zero-order chi connectivity index (χ0) is 16.9. The molecule has 5 nitrogen and oxygen atoms in total. The van der Waals surface area contributed by atoms with Gasteiger partial charge >= 0.3 is 0 Å². The molecule has 0 aliphatic rings. The minimum Gasteiger partial charge on any atom is -0.264 e. The molecular formula is C17H21N3O2S. The van der Waals surface area contributed by atoms with Crippen molar-refractivity contribution in [1.82, 2.24) is 9.29 Å². The predicted octanol–water partition coefficient (Wildman–Crippen LogP) is 3.17. The van der Waals surface area contributed by atoms with Gasteiger partial charge in [-0.3, -0.25) is 9.98 Å². The molecule has 0 saturated heterocycles. The molecule has 23 heavy (non-hydrogen) atoms. The first-order valence-corrected chi connectivity index (χ1v) is 8.98. The van der Waals surface area contributed by atoms with E-state index in [-0.39, 0.29) is 4.90 Å². The topological polar surface area (TPSA) is 62.6 Å². The van der Waals surface area contributed by atoms with Gasteiger partial charge in [-0.2, -0.15) is 4.31 Å². The maximum Gasteiger partial charge on any atom is 0.245 e. The fourth-order valence-electron chi connectivity index (χ4n) is 2.23. The molecule has 0 atom stereocenters. The highest BCUT2D eigenvalue weighted by atomic mass is 32.2. The van der Waals surface area contributed by atoms with Crippen molar-refractivity contribution in [1.29, 1.82) is 0 Å². The third kappa shape index (κ3) is 4.03. The number of nitrogens with zero attached hydrogens (tertiary/aromatic N) is 3. The molecule has 1 aromatic heterocycles. The highest BCUT2D eigenvalue weighted by molar-refractivity contribution is 7.89. The number of aliphatic imine (C=N–C) groups is 1. The Kier molecular flexibility index (Phi) is 5.63. The first-order chi connectivity index (χ1) is 11.0. The summed E-state index contributed by atoms with van der Waals surface area (Å²) < 4.78 is 27.1. The molecule has 1 heterocycles. The summed E-state index contributed by atoms with van der Waals surface area (Å²) in [4.78, 5) is 8.62. The van der Waals surface area contributed by atoms with Crippen LogP contribution in [0.5, 0.6) is 0 Å².